The molecular formula is C29H37N5O4. The fourth-order valence-electron chi connectivity index (χ4n) is 5.33. The number of methoxy groups -OCH3 is 2. The van der Waals surface area contributed by atoms with Gasteiger partial charge in [0.05, 0.1) is 20.8 Å². The van der Waals surface area contributed by atoms with Gasteiger partial charge < -0.3 is 19.3 Å². The van der Waals surface area contributed by atoms with Crippen LogP contribution in [0.1, 0.15) is 42.7 Å². The number of carbonyl (C=O) groups excluding carboxylic acids is 1. The van der Waals surface area contributed by atoms with E-state index in [2.05, 4.69) is 49.5 Å². The van der Waals surface area contributed by atoms with Crippen LogP contribution in [0, 0.1) is 5.92 Å². The third kappa shape index (κ3) is 6.52. The molecule has 1 N–H and O–H groups in total. The van der Waals surface area contributed by atoms with Gasteiger partial charge in [-0.2, -0.15) is 4.98 Å². The number of nitrogens with zero attached hydrogens (tertiary/aromatic N) is 4. The van der Waals surface area contributed by atoms with Gasteiger partial charge in [0.25, 0.3) is 0 Å². The lowest BCUT2D eigenvalue weighted by molar-refractivity contribution is -0.126. The van der Waals surface area contributed by atoms with Gasteiger partial charge in [-0.3, -0.25) is 14.6 Å². The summed E-state index contributed by atoms with van der Waals surface area (Å²) in [7, 11) is 3.20. The fraction of sp³-hybridized carbons (Fsp3) is 0.483. The predicted molar refractivity (Wildman–Crippen MR) is 144 cm³/mol. The highest BCUT2D eigenvalue weighted by Gasteiger charge is 2.26. The molecule has 2 saturated heterocycles. The molecule has 2 fully saturated rings. The van der Waals surface area contributed by atoms with Crippen LogP contribution in [0.4, 0.5) is 0 Å². The summed E-state index contributed by atoms with van der Waals surface area (Å²) in [4.78, 5) is 22.2. The molecule has 0 saturated carbocycles. The molecule has 0 aliphatic carbocycles. The van der Waals surface area contributed by atoms with Gasteiger partial charge in [0.15, 0.2) is 11.5 Å². The molecule has 9 nitrogen and oxygen atoms in total. The second-order valence-corrected chi connectivity index (χ2v) is 10.2. The zero-order chi connectivity index (χ0) is 26.3. The Hall–Kier alpha value is -3.43. The van der Waals surface area contributed by atoms with Gasteiger partial charge in [-0.25, -0.2) is 0 Å². The molecule has 3 heterocycles. The molecule has 0 bridgehead atoms. The number of nitrogens with one attached hydrogen (secondary N) is 1. The Bertz CT molecular complexity index is 1220. The average molecular weight is 520 g/mol. The number of hydrogen-bond donors (Lipinski definition) is 1. The Morgan fingerprint density at radius 2 is 1.68 bits per heavy atom. The molecule has 202 valence electrons. The lowest BCUT2D eigenvalue weighted by Gasteiger charge is -2.30. The molecule has 2 aliphatic heterocycles. The van der Waals surface area contributed by atoms with Crippen molar-refractivity contribution in [1.29, 1.82) is 0 Å². The molecule has 0 spiro atoms. The van der Waals surface area contributed by atoms with Crippen molar-refractivity contribution in [2.24, 2.45) is 5.92 Å². The number of benzene rings is 2. The van der Waals surface area contributed by atoms with E-state index in [1.54, 1.807) is 14.2 Å². The largest absolute Gasteiger partial charge is 0.493 e. The Morgan fingerprint density at radius 3 is 2.45 bits per heavy atom. The molecule has 0 atom stereocenters. The normalized spacial score (nSPS) is 17.0. The van der Waals surface area contributed by atoms with Crippen LogP contribution in [-0.4, -0.2) is 66.2 Å². The quantitative estimate of drug-likeness (QED) is 0.432. The number of piperidine rings is 1. The van der Waals surface area contributed by atoms with Crippen LogP contribution in [0.2, 0.25) is 0 Å². The Balaban J connectivity index is 1.08. The maximum absolute atomic E-state index is 12.9. The third-order valence-electron chi connectivity index (χ3n) is 7.49. The van der Waals surface area contributed by atoms with E-state index in [1.165, 1.54) is 31.5 Å². The molecule has 0 radical (unpaired) electrons. The lowest BCUT2D eigenvalue weighted by Crippen LogP contribution is -2.40. The van der Waals surface area contributed by atoms with E-state index in [-0.39, 0.29) is 11.8 Å². The first-order valence-corrected chi connectivity index (χ1v) is 13.5. The Kier molecular flexibility index (Phi) is 8.55. The number of likely N-dealkylation sites (tertiary alicyclic amines) is 2. The van der Waals surface area contributed by atoms with Crippen LogP contribution >= 0.6 is 0 Å². The van der Waals surface area contributed by atoms with E-state index >= 15 is 0 Å². The summed E-state index contributed by atoms with van der Waals surface area (Å²) >= 11 is 0. The van der Waals surface area contributed by atoms with Crippen molar-refractivity contribution < 1.29 is 18.8 Å². The number of rotatable bonds is 10. The first kappa shape index (κ1) is 26.2. The van der Waals surface area contributed by atoms with Gasteiger partial charge in [0.1, 0.15) is 0 Å². The molecular weight excluding hydrogens is 482 g/mol. The molecule has 3 aromatic rings. The molecule has 9 heteroatoms. The highest BCUT2D eigenvalue weighted by molar-refractivity contribution is 5.78. The highest BCUT2D eigenvalue weighted by atomic mass is 16.5. The Morgan fingerprint density at radius 1 is 0.947 bits per heavy atom. The minimum absolute atomic E-state index is 0.0315. The van der Waals surface area contributed by atoms with E-state index in [0.717, 1.165) is 43.6 Å². The maximum atomic E-state index is 12.9. The van der Waals surface area contributed by atoms with Gasteiger partial charge in [-0.05, 0) is 81.2 Å². The first-order valence-electron chi connectivity index (χ1n) is 13.5. The highest BCUT2D eigenvalue weighted by Crippen LogP contribution is 2.31. The third-order valence-corrected chi connectivity index (χ3v) is 7.49. The Labute approximate surface area is 224 Å². The van der Waals surface area contributed by atoms with Gasteiger partial charge in [0, 0.05) is 24.6 Å². The summed E-state index contributed by atoms with van der Waals surface area (Å²) < 4.78 is 16.2. The first-order chi connectivity index (χ1) is 18.6. The van der Waals surface area contributed by atoms with Crippen LogP contribution < -0.4 is 14.8 Å². The zero-order valence-electron chi connectivity index (χ0n) is 22.3. The van der Waals surface area contributed by atoms with Gasteiger partial charge in [-0.15, -0.1) is 0 Å². The number of carbonyl (C=O) groups is 1. The van der Waals surface area contributed by atoms with Crippen molar-refractivity contribution in [3.63, 3.8) is 0 Å². The average Bonchev–Trinajstić information content (AvgIpc) is 3.64. The topological polar surface area (TPSA) is 93.0 Å². The summed E-state index contributed by atoms with van der Waals surface area (Å²) in [5.41, 5.74) is 3.28. The van der Waals surface area contributed by atoms with E-state index in [0.29, 0.717) is 36.3 Å². The molecule has 1 amide bonds. The number of aromatic nitrogens is 2. The summed E-state index contributed by atoms with van der Waals surface area (Å²) in [5.74, 6) is 2.52. The van der Waals surface area contributed by atoms with Crippen molar-refractivity contribution in [1.82, 2.24) is 25.3 Å². The zero-order valence-corrected chi connectivity index (χ0v) is 22.3. The number of ether oxygens (including phenoxy) is 2. The van der Waals surface area contributed by atoms with Gasteiger partial charge >= 0.3 is 0 Å². The summed E-state index contributed by atoms with van der Waals surface area (Å²) in [5, 5.41) is 7.30. The van der Waals surface area contributed by atoms with Crippen molar-refractivity contribution >= 4 is 5.91 Å². The van der Waals surface area contributed by atoms with E-state index in [4.69, 9.17) is 14.0 Å². The van der Waals surface area contributed by atoms with E-state index in [1.807, 2.05) is 18.2 Å². The maximum Gasteiger partial charge on any atom is 0.241 e. The number of amides is 1. The number of hydrogen-bond acceptors (Lipinski definition) is 8. The van der Waals surface area contributed by atoms with Crippen LogP contribution in [0.15, 0.2) is 47.0 Å². The summed E-state index contributed by atoms with van der Waals surface area (Å²) in [6.07, 6.45) is 4.22. The second-order valence-electron chi connectivity index (χ2n) is 10.2. The molecule has 2 aliphatic rings. The van der Waals surface area contributed by atoms with Crippen LogP contribution in [0.25, 0.3) is 11.4 Å². The van der Waals surface area contributed by atoms with Crippen molar-refractivity contribution in [2.45, 2.75) is 45.3 Å². The molecule has 2 aromatic carbocycles. The lowest BCUT2D eigenvalue weighted by atomic mass is 9.96. The smallest absolute Gasteiger partial charge is 0.241 e. The van der Waals surface area contributed by atoms with Crippen LogP contribution in [-0.2, 0) is 24.4 Å². The summed E-state index contributed by atoms with van der Waals surface area (Å²) in [6.45, 7) is 6.15. The standard InChI is InChI=1S/C29H37N5O4/c1-36-25-9-8-24(17-26(25)37-2)28-31-27(38-32-28)20-34-14-10-23(11-15-34)29(35)30-18-21-6-5-7-22(16-21)19-33-12-3-4-13-33/h5-9,16-17,23H,3-4,10-15,18-20H2,1-2H3,(H,30,35). The minimum Gasteiger partial charge on any atom is -0.493 e. The van der Waals surface area contributed by atoms with Gasteiger partial charge in [0.2, 0.25) is 17.6 Å². The minimum atomic E-state index is 0.0315. The van der Waals surface area contributed by atoms with Crippen molar-refractivity contribution in [2.75, 3.05) is 40.4 Å². The molecule has 38 heavy (non-hydrogen) atoms. The van der Waals surface area contributed by atoms with Crippen LogP contribution in [0.5, 0.6) is 11.5 Å². The van der Waals surface area contributed by atoms with E-state index < -0.39 is 0 Å². The molecule has 0 unspecified atom stereocenters. The summed E-state index contributed by atoms with van der Waals surface area (Å²) in [6, 6.07) is 14.1. The van der Waals surface area contributed by atoms with Crippen molar-refractivity contribution in [3.05, 3.63) is 59.5 Å². The SMILES string of the molecule is COc1ccc(-c2noc(CN3CCC(C(=O)NCc4cccc(CN5CCCC5)c4)CC3)n2)cc1OC. The van der Waals surface area contributed by atoms with Gasteiger partial charge in [-0.1, -0.05) is 29.4 Å². The molecule has 1 aromatic heterocycles. The fourth-order valence-corrected chi connectivity index (χ4v) is 5.33. The monoisotopic (exact) mass is 519 g/mol. The van der Waals surface area contributed by atoms with Crippen molar-refractivity contribution in [3.8, 4) is 22.9 Å². The second kappa shape index (κ2) is 12.4. The van der Waals surface area contributed by atoms with E-state index in [9.17, 15) is 4.79 Å². The predicted octanol–water partition coefficient (Wildman–Crippen LogP) is 3.88. The van der Waals surface area contributed by atoms with Crippen LogP contribution in [0.3, 0.4) is 0 Å². The molecule has 5 rings (SSSR count).